The lowest BCUT2D eigenvalue weighted by atomic mass is 9.99. The zero-order valence-corrected chi connectivity index (χ0v) is 11.6. The van der Waals surface area contributed by atoms with E-state index in [1.165, 1.54) is 25.9 Å². The Balaban J connectivity index is 1.94. The van der Waals surface area contributed by atoms with Crippen molar-refractivity contribution in [3.8, 4) is 0 Å². The molecule has 3 nitrogen and oxygen atoms in total. The third kappa shape index (κ3) is 6.09. The van der Waals surface area contributed by atoms with Crippen molar-refractivity contribution in [3.63, 3.8) is 0 Å². The van der Waals surface area contributed by atoms with E-state index in [9.17, 15) is 0 Å². The van der Waals surface area contributed by atoms with Gasteiger partial charge in [-0.15, -0.1) is 0 Å². The second kappa shape index (κ2) is 8.34. The van der Waals surface area contributed by atoms with Gasteiger partial charge < -0.3 is 9.47 Å². The Morgan fingerprint density at radius 3 is 2.50 bits per heavy atom. The van der Waals surface area contributed by atoms with E-state index >= 15 is 0 Å². The largest absolute Gasteiger partial charge is 0.379 e. The maximum Gasteiger partial charge on any atom is 0.0703 e. The molecule has 1 rings (SSSR count). The first-order chi connectivity index (χ1) is 7.72. The van der Waals surface area contributed by atoms with Gasteiger partial charge in [0.25, 0.3) is 0 Å². The van der Waals surface area contributed by atoms with Gasteiger partial charge in [-0.1, -0.05) is 11.9 Å². The van der Waals surface area contributed by atoms with Gasteiger partial charge >= 0.3 is 0 Å². The molecule has 1 fully saturated rings. The smallest absolute Gasteiger partial charge is 0.0703 e. The Morgan fingerprint density at radius 1 is 1.25 bits per heavy atom. The van der Waals surface area contributed by atoms with Crippen LogP contribution in [-0.4, -0.2) is 49.6 Å². The average Bonchev–Trinajstić information content (AvgIpc) is 2.29. The summed E-state index contributed by atoms with van der Waals surface area (Å²) >= 11 is 1.86. The highest BCUT2D eigenvalue weighted by molar-refractivity contribution is 7.96. The minimum absolute atomic E-state index is 0.313. The van der Waals surface area contributed by atoms with Crippen molar-refractivity contribution >= 4 is 11.9 Å². The molecule has 0 aromatic heterocycles. The van der Waals surface area contributed by atoms with E-state index in [-0.39, 0.29) is 0 Å². The minimum atomic E-state index is 0.313. The molecule has 1 heterocycles. The summed E-state index contributed by atoms with van der Waals surface area (Å²) in [7, 11) is 0. The molecule has 0 bridgehead atoms. The summed E-state index contributed by atoms with van der Waals surface area (Å²) in [6.45, 7) is 8.89. The number of hydrogen-bond donors (Lipinski definition) is 0. The van der Waals surface area contributed by atoms with Gasteiger partial charge in [0, 0.05) is 19.7 Å². The van der Waals surface area contributed by atoms with Crippen LogP contribution < -0.4 is 0 Å². The predicted octanol–water partition coefficient (Wildman–Crippen LogP) is 2.42. The Kier molecular flexibility index (Phi) is 7.45. The lowest BCUT2D eigenvalue weighted by molar-refractivity contribution is 0.00520. The summed E-state index contributed by atoms with van der Waals surface area (Å²) < 4.78 is 13.5. The zero-order chi connectivity index (χ0) is 11.8. The van der Waals surface area contributed by atoms with Crippen molar-refractivity contribution in [2.24, 2.45) is 5.92 Å². The average molecular weight is 247 g/mol. The van der Waals surface area contributed by atoms with Crippen LogP contribution in [0.1, 0.15) is 26.7 Å². The first-order valence-electron chi connectivity index (χ1n) is 6.20. The van der Waals surface area contributed by atoms with Crippen molar-refractivity contribution < 1.29 is 9.47 Å². The van der Waals surface area contributed by atoms with Gasteiger partial charge in [-0.3, -0.25) is 4.31 Å². The molecule has 4 heteroatoms. The summed E-state index contributed by atoms with van der Waals surface area (Å²) in [5.41, 5.74) is 0. The monoisotopic (exact) mass is 247 g/mol. The normalized spacial score (nSPS) is 19.5. The van der Waals surface area contributed by atoms with Crippen molar-refractivity contribution in [2.75, 3.05) is 39.2 Å². The van der Waals surface area contributed by atoms with E-state index in [1.807, 2.05) is 11.9 Å². The zero-order valence-electron chi connectivity index (χ0n) is 10.8. The van der Waals surface area contributed by atoms with E-state index in [1.54, 1.807) is 0 Å². The number of hydrogen-bond acceptors (Lipinski definition) is 4. The van der Waals surface area contributed by atoms with Crippen molar-refractivity contribution in [3.05, 3.63) is 0 Å². The van der Waals surface area contributed by atoms with Crippen LogP contribution in [0.4, 0.5) is 0 Å². The standard InChI is InChI=1S/C12H25NO2S/c1-11(2)15-9-8-14-10-12-4-6-13(16-3)7-5-12/h11-12H,4-10H2,1-3H3. The van der Waals surface area contributed by atoms with Gasteiger partial charge in [-0.25, -0.2) is 0 Å². The highest BCUT2D eigenvalue weighted by atomic mass is 32.2. The van der Waals surface area contributed by atoms with Gasteiger partial charge in [-0.05, 0) is 38.9 Å². The molecule has 16 heavy (non-hydrogen) atoms. The summed E-state index contributed by atoms with van der Waals surface area (Å²) in [6, 6.07) is 0. The van der Waals surface area contributed by atoms with Gasteiger partial charge in [0.15, 0.2) is 0 Å². The molecule has 96 valence electrons. The van der Waals surface area contributed by atoms with Crippen LogP contribution in [0.25, 0.3) is 0 Å². The van der Waals surface area contributed by atoms with Crippen LogP contribution in [0.2, 0.25) is 0 Å². The van der Waals surface area contributed by atoms with E-state index in [4.69, 9.17) is 9.47 Å². The summed E-state index contributed by atoms with van der Waals surface area (Å²) in [4.78, 5) is 0. The van der Waals surface area contributed by atoms with Gasteiger partial charge in [0.2, 0.25) is 0 Å². The van der Waals surface area contributed by atoms with Crippen molar-refractivity contribution in [2.45, 2.75) is 32.8 Å². The molecule has 1 saturated heterocycles. The first-order valence-corrected chi connectivity index (χ1v) is 7.39. The number of nitrogens with zero attached hydrogens (tertiary/aromatic N) is 1. The molecule has 0 aromatic carbocycles. The maximum absolute atomic E-state index is 5.64. The Hall–Kier alpha value is 0.230. The van der Waals surface area contributed by atoms with E-state index in [2.05, 4.69) is 24.4 Å². The first kappa shape index (κ1) is 14.3. The lowest BCUT2D eigenvalue weighted by Gasteiger charge is -2.29. The van der Waals surface area contributed by atoms with Crippen LogP contribution >= 0.6 is 11.9 Å². The SMILES string of the molecule is CSN1CCC(COCCOC(C)C)CC1. The van der Waals surface area contributed by atoms with Gasteiger partial charge in [0.1, 0.15) is 0 Å². The minimum Gasteiger partial charge on any atom is -0.379 e. The van der Waals surface area contributed by atoms with Gasteiger partial charge in [0.05, 0.1) is 19.3 Å². The molecule has 0 amide bonds. The van der Waals surface area contributed by atoms with Crippen LogP contribution in [-0.2, 0) is 9.47 Å². The molecule has 0 atom stereocenters. The molecule has 0 N–H and O–H groups in total. The Bertz CT molecular complexity index is 170. The third-order valence-electron chi connectivity index (χ3n) is 2.86. The van der Waals surface area contributed by atoms with Crippen LogP contribution in [0, 0.1) is 5.92 Å². The highest BCUT2D eigenvalue weighted by Gasteiger charge is 2.18. The molecule has 0 spiro atoms. The van der Waals surface area contributed by atoms with Crippen LogP contribution in [0.5, 0.6) is 0 Å². The van der Waals surface area contributed by atoms with Crippen LogP contribution in [0.3, 0.4) is 0 Å². The second-order valence-corrected chi connectivity index (χ2v) is 5.43. The predicted molar refractivity (Wildman–Crippen MR) is 69.7 cm³/mol. The molecular weight excluding hydrogens is 222 g/mol. The molecule has 1 aliphatic heterocycles. The molecule has 1 aliphatic rings. The summed E-state index contributed by atoms with van der Waals surface area (Å²) in [6.07, 6.45) is 5.01. The van der Waals surface area contributed by atoms with Crippen molar-refractivity contribution in [1.82, 2.24) is 4.31 Å². The number of piperidine rings is 1. The van der Waals surface area contributed by atoms with E-state index in [0.717, 1.165) is 25.7 Å². The quantitative estimate of drug-likeness (QED) is 0.509. The Labute approximate surface area is 104 Å². The molecule has 0 aromatic rings. The summed E-state index contributed by atoms with van der Waals surface area (Å²) in [5, 5.41) is 0. The Morgan fingerprint density at radius 2 is 1.94 bits per heavy atom. The lowest BCUT2D eigenvalue weighted by Crippen LogP contribution is -2.30. The molecule has 0 radical (unpaired) electrons. The second-order valence-electron chi connectivity index (χ2n) is 4.55. The van der Waals surface area contributed by atoms with Crippen LogP contribution in [0.15, 0.2) is 0 Å². The summed E-state index contributed by atoms with van der Waals surface area (Å²) in [5.74, 6) is 0.752. The molecular formula is C12H25NO2S. The fourth-order valence-corrected chi connectivity index (χ4v) is 2.43. The van der Waals surface area contributed by atoms with Gasteiger partial charge in [-0.2, -0.15) is 0 Å². The molecule has 0 unspecified atom stereocenters. The fraction of sp³-hybridized carbons (Fsp3) is 1.00. The topological polar surface area (TPSA) is 21.7 Å². The maximum atomic E-state index is 5.64. The molecule has 0 aliphatic carbocycles. The highest BCUT2D eigenvalue weighted by Crippen LogP contribution is 2.21. The number of rotatable bonds is 7. The molecule has 0 saturated carbocycles. The van der Waals surface area contributed by atoms with Crippen molar-refractivity contribution in [1.29, 1.82) is 0 Å². The fourth-order valence-electron chi connectivity index (χ4n) is 1.85. The van der Waals surface area contributed by atoms with E-state index < -0.39 is 0 Å². The van der Waals surface area contributed by atoms with E-state index in [0.29, 0.717) is 6.10 Å². The third-order valence-corrected chi connectivity index (χ3v) is 3.75. The number of ether oxygens (including phenoxy) is 2.